The van der Waals surface area contributed by atoms with Crippen LogP contribution in [-0.2, 0) is 11.8 Å². The van der Waals surface area contributed by atoms with E-state index in [4.69, 9.17) is 0 Å². The molecule has 1 aliphatic rings. The molecule has 1 saturated heterocycles. The highest BCUT2D eigenvalue weighted by atomic mass is 32.2. The van der Waals surface area contributed by atoms with E-state index in [2.05, 4.69) is 10.3 Å². The van der Waals surface area contributed by atoms with Crippen molar-refractivity contribution < 1.29 is 4.79 Å². The van der Waals surface area contributed by atoms with Gasteiger partial charge in [-0.1, -0.05) is 18.2 Å². The van der Waals surface area contributed by atoms with Crippen molar-refractivity contribution in [3.05, 3.63) is 59.3 Å². The fourth-order valence-corrected chi connectivity index (χ4v) is 2.70. The summed E-state index contributed by atoms with van der Waals surface area (Å²) in [6, 6.07) is 11.5. The summed E-state index contributed by atoms with van der Waals surface area (Å²) < 4.78 is 1.95. The molecule has 20 heavy (non-hydrogen) atoms. The lowest BCUT2D eigenvalue weighted by atomic mass is 10.3. The van der Waals surface area contributed by atoms with Crippen molar-refractivity contribution in [2.75, 3.05) is 0 Å². The van der Waals surface area contributed by atoms with Crippen molar-refractivity contribution in [1.29, 1.82) is 0 Å². The largest absolute Gasteiger partial charge is 0.357 e. The van der Waals surface area contributed by atoms with Gasteiger partial charge in [-0.2, -0.15) is 0 Å². The predicted octanol–water partition coefficient (Wildman–Crippen LogP) is 2.92. The second-order valence-corrected chi connectivity index (χ2v) is 5.46. The van der Waals surface area contributed by atoms with Crippen molar-refractivity contribution in [3.63, 3.8) is 0 Å². The maximum absolute atomic E-state index is 11.9. The van der Waals surface area contributed by atoms with Crippen molar-refractivity contribution in [2.24, 2.45) is 12.0 Å². The van der Waals surface area contributed by atoms with Crippen LogP contribution in [0.3, 0.4) is 0 Å². The number of aryl methyl sites for hydroxylation is 1. The number of carbonyl (C=O) groups is 1. The molecule has 5 heteroatoms. The number of amidine groups is 1. The van der Waals surface area contributed by atoms with Crippen LogP contribution in [0.1, 0.15) is 5.56 Å². The van der Waals surface area contributed by atoms with E-state index in [1.54, 1.807) is 0 Å². The van der Waals surface area contributed by atoms with Crippen molar-refractivity contribution in [1.82, 2.24) is 9.88 Å². The third-order valence-corrected chi connectivity index (χ3v) is 3.70. The average molecular weight is 283 g/mol. The lowest BCUT2D eigenvalue weighted by Gasteiger charge is -1.94. The molecule has 0 atom stereocenters. The van der Waals surface area contributed by atoms with E-state index < -0.39 is 0 Å². The standard InChI is InChI=1S/C15H13N3OS/c1-18-8-7-11(10-18)9-13-14(19)17-15(20-13)16-12-5-3-2-4-6-12/h2-10H,1H3,(H,16,17,19)/b13-9+. The molecule has 0 saturated carbocycles. The number of thioether (sulfide) groups is 1. The normalized spacial score (nSPS) is 18.8. The number of carbonyl (C=O) groups excluding carboxylic acids is 1. The molecule has 1 amide bonds. The highest BCUT2D eigenvalue weighted by Crippen LogP contribution is 2.27. The molecule has 100 valence electrons. The quantitative estimate of drug-likeness (QED) is 0.861. The Kier molecular flexibility index (Phi) is 3.43. The maximum Gasteiger partial charge on any atom is 0.264 e. The van der Waals surface area contributed by atoms with Crippen molar-refractivity contribution in [2.45, 2.75) is 0 Å². The molecule has 1 fully saturated rings. The second-order valence-electron chi connectivity index (χ2n) is 4.43. The van der Waals surface area contributed by atoms with E-state index in [9.17, 15) is 4.79 Å². The van der Waals surface area contributed by atoms with Crippen LogP contribution in [0.5, 0.6) is 0 Å². The van der Waals surface area contributed by atoms with Gasteiger partial charge in [0.1, 0.15) is 0 Å². The van der Waals surface area contributed by atoms with Gasteiger partial charge in [-0.3, -0.25) is 4.79 Å². The van der Waals surface area contributed by atoms with Gasteiger partial charge in [-0.05, 0) is 41.6 Å². The lowest BCUT2D eigenvalue weighted by molar-refractivity contribution is -0.115. The molecule has 0 radical (unpaired) electrons. The Bertz CT molecular complexity index is 701. The molecule has 3 rings (SSSR count). The number of nitrogens with one attached hydrogen (secondary N) is 1. The number of nitrogens with zero attached hydrogens (tertiary/aromatic N) is 2. The first-order valence-electron chi connectivity index (χ1n) is 6.17. The van der Waals surface area contributed by atoms with Gasteiger partial charge in [0.05, 0.1) is 10.6 Å². The average Bonchev–Trinajstić information content (AvgIpc) is 2.98. The summed E-state index contributed by atoms with van der Waals surface area (Å²) in [5.41, 5.74) is 1.84. The van der Waals surface area contributed by atoms with E-state index >= 15 is 0 Å². The molecule has 1 aliphatic heterocycles. The highest BCUT2D eigenvalue weighted by molar-refractivity contribution is 8.18. The topological polar surface area (TPSA) is 46.4 Å². The molecule has 2 aromatic rings. The fraction of sp³-hybridized carbons (Fsp3) is 0.0667. The summed E-state index contributed by atoms with van der Waals surface area (Å²) >= 11 is 1.36. The Morgan fingerprint density at radius 3 is 2.75 bits per heavy atom. The number of para-hydroxylation sites is 1. The molecular formula is C15H13N3OS. The third kappa shape index (κ3) is 2.83. The van der Waals surface area contributed by atoms with Gasteiger partial charge < -0.3 is 9.88 Å². The van der Waals surface area contributed by atoms with E-state index in [0.717, 1.165) is 11.3 Å². The first-order chi connectivity index (χ1) is 9.70. The highest BCUT2D eigenvalue weighted by Gasteiger charge is 2.23. The number of hydrogen-bond donors (Lipinski definition) is 1. The summed E-state index contributed by atoms with van der Waals surface area (Å²) in [6.45, 7) is 0. The molecule has 2 heterocycles. The lowest BCUT2D eigenvalue weighted by Crippen LogP contribution is -2.19. The Morgan fingerprint density at radius 2 is 2.05 bits per heavy atom. The van der Waals surface area contributed by atoms with Crippen molar-refractivity contribution in [3.8, 4) is 0 Å². The Hall–Kier alpha value is -2.27. The van der Waals surface area contributed by atoms with Crippen LogP contribution in [0.2, 0.25) is 0 Å². The number of aromatic nitrogens is 1. The van der Waals surface area contributed by atoms with E-state index in [1.807, 2.05) is 66.5 Å². The number of aliphatic imine (C=N–C) groups is 1. The molecule has 0 bridgehead atoms. The Labute approximate surface area is 121 Å². The zero-order valence-electron chi connectivity index (χ0n) is 10.9. The minimum atomic E-state index is -0.103. The molecule has 1 N–H and O–H groups in total. The zero-order chi connectivity index (χ0) is 13.9. The summed E-state index contributed by atoms with van der Waals surface area (Å²) in [5.74, 6) is -0.103. The first-order valence-corrected chi connectivity index (χ1v) is 6.99. The van der Waals surface area contributed by atoms with Gasteiger partial charge >= 0.3 is 0 Å². The molecule has 0 spiro atoms. The number of hydrogen-bond acceptors (Lipinski definition) is 3. The number of amides is 1. The van der Waals surface area contributed by atoms with Gasteiger partial charge in [-0.25, -0.2) is 4.99 Å². The van der Waals surface area contributed by atoms with Crippen LogP contribution in [0.25, 0.3) is 6.08 Å². The smallest absolute Gasteiger partial charge is 0.264 e. The summed E-state index contributed by atoms with van der Waals surface area (Å²) in [6.07, 6.45) is 5.78. The van der Waals surface area contributed by atoms with Crippen molar-refractivity contribution >= 4 is 34.6 Å². The van der Waals surface area contributed by atoms with Gasteiger partial charge in [-0.15, -0.1) is 0 Å². The van der Waals surface area contributed by atoms with E-state index in [1.165, 1.54) is 11.8 Å². The molecule has 1 aromatic heterocycles. The summed E-state index contributed by atoms with van der Waals surface area (Å²) in [5, 5.41) is 3.39. The SMILES string of the molecule is Cn1ccc(/C=C2/SC(=Nc3ccccc3)NC2=O)c1. The number of rotatable bonds is 2. The molecule has 1 aromatic carbocycles. The monoisotopic (exact) mass is 283 g/mol. The van der Waals surface area contributed by atoms with Gasteiger partial charge in [0, 0.05) is 19.4 Å². The summed E-state index contributed by atoms with van der Waals surface area (Å²) in [4.78, 5) is 17.0. The van der Waals surface area contributed by atoms with Gasteiger partial charge in [0.15, 0.2) is 5.17 Å². The Balaban J connectivity index is 1.82. The van der Waals surface area contributed by atoms with Crippen LogP contribution < -0.4 is 5.32 Å². The fourth-order valence-electron chi connectivity index (χ4n) is 1.86. The molecule has 0 unspecified atom stereocenters. The van der Waals surface area contributed by atoms with Crippen LogP contribution >= 0.6 is 11.8 Å². The van der Waals surface area contributed by atoms with E-state index in [-0.39, 0.29) is 5.91 Å². The molecule has 0 aliphatic carbocycles. The van der Waals surface area contributed by atoms with Gasteiger partial charge in [0.25, 0.3) is 5.91 Å². The van der Waals surface area contributed by atoms with Crippen LogP contribution in [0.15, 0.2) is 58.7 Å². The van der Waals surface area contributed by atoms with Gasteiger partial charge in [0.2, 0.25) is 0 Å². The number of benzene rings is 1. The second kappa shape index (κ2) is 5.38. The third-order valence-electron chi connectivity index (χ3n) is 2.79. The predicted molar refractivity (Wildman–Crippen MR) is 82.7 cm³/mol. The first kappa shape index (κ1) is 12.7. The summed E-state index contributed by atoms with van der Waals surface area (Å²) in [7, 11) is 1.95. The maximum atomic E-state index is 11.9. The molecular weight excluding hydrogens is 270 g/mol. The van der Waals surface area contributed by atoms with E-state index in [0.29, 0.717) is 10.1 Å². The van der Waals surface area contributed by atoms with Crippen LogP contribution in [0, 0.1) is 0 Å². The Morgan fingerprint density at radius 1 is 1.25 bits per heavy atom. The zero-order valence-corrected chi connectivity index (χ0v) is 11.7. The van der Waals surface area contributed by atoms with Crippen LogP contribution in [-0.4, -0.2) is 15.6 Å². The van der Waals surface area contributed by atoms with Crippen LogP contribution in [0.4, 0.5) is 5.69 Å². The minimum absolute atomic E-state index is 0.103. The molecule has 4 nitrogen and oxygen atoms in total. The minimum Gasteiger partial charge on any atom is -0.357 e.